The van der Waals surface area contributed by atoms with Gasteiger partial charge in [0.1, 0.15) is 11.5 Å². The number of halogens is 1. The zero-order chi connectivity index (χ0) is 26.5. The van der Waals surface area contributed by atoms with Crippen molar-refractivity contribution in [2.24, 2.45) is 0 Å². The lowest BCUT2D eigenvalue weighted by Crippen LogP contribution is -2.29. The third kappa shape index (κ3) is 5.34. The van der Waals surface area contributed by atoms with Gasteiger partial charge in [-0.15, -0.1) is 0 Å². The molecule has 0 bridgehead atoms. The molecule has 1 atom stereocenters. The van der Waals surface area contributed by atoms with Crippen molar-refractivity contribution in [2.45, 2.75) is 25.9 Å². The van der Waals surface area contributed by atoms with E-state index in [0.29, 0.717) is 40.5 Å². The summed E-state index contributed by atoms with van der Waals surface area (Å²) in [7, 11) is 1.43. The Morgan fingerprint density at radius 3 is 2.54 bits per heavy atom. The summed E-state index contributed by atoms with van der Waals surface area (Å²) in [6.45, 7) is 2.29. The minimum Gasteiger partial charge on any atom is -0.507 e. The molecule has 4 rings (SSSR count). The number of rotatable bonds is 8. The first-order valence-corrected chi connectivity index (χ1v) is 12.0. The van der Waals surface area contributed by atoms with E-state index < -0.39 is 29.5 Å². The molecule has 1 unspecified atom stereocenters. The van der Waals surface area contributed by atoms with E-state index in [2.05, 4.69) is 4.98 Å². The highest BCUT2D eigenvalue weighted by molar-refractivity contribution is 6.46. The number of ketones is 1. The Bertz CT molecular complexity index is 1350. The lowest BCUT2D eigenvalue weighted by Gasteiger charge is -2.25. The molecule has 2 heterocycles. The van der Waals surface area contributed by atoms with Crippen molar-refractivity contribution in [1.82, 2.24) is 9.88 Å². The van der Waals surface area contributed by atoms with Gasteiger partial charge in [0.15, 0.2) is 0 Å². The minimum atomic E-state index is -0.911. The fourth-order valence-electron chi connectivity index (χ4n) is 4.16. The number of ether oxygens (including phenoxy) is 2. The molecule has 37 heavy (non-hydrogen) atoms. The SMILES string of the molecule is CCCOC(=O)c1ccc(CN2C(=O)C(=O)/C(=C(/O)c3cc(Cl)ccc3OC)C2c2cccnc2)cc1. The largest absolute Gasteiger partial charge is 0.507 e. The summed E-state index contributed by atoms with van der Waals surface area (Å²) in [6, 6.07) is 13.8. The number of hydrogen-bond donors (Lipinski definition) is 1. The second-order valence-electron chi connectivity index (χ2n) is 8.39. The van der Waals surface area contributed by atoms with Gasteiger partial charge in [0, 0.05) is 24.0 Å². The van der Waals surface area contributed by atoms with Crippen molar-refractivity contribution in [2.75, 3.05) is 13.7 Å². The Labute approximate surface area is 219 Å². The van der Waals surface area contributed by atoms with Crippen LogP contribution < -0.4 is 4.74 Å². The van der Waals surface area contributed by atoms with E-state index in [1.165, 1.54) is 18.1 Å². The molecule has 0 saturated carbocycles. The fourth-order valence-corrected chi connectivity index (χ4v) is 4.33. The normalized spacial score (nSPS) is 16.6. The maximum atomic E-state index is 13.3. The second kappa shape index (κ2) is 11.3. The summed E-state index contributed by atoms with van der Waals surface area (Å²) in [6.07, 6.45) is 3.83. The molecule has 2 aromatic carbocycles. The molecule has 1 fully saturated rings. The number of nitrogens with zero attached hydrogens (tertiary/aromatic N) is 2. The summed E-state index contributed by atoms with van der Waals surface area (Å²) in [5.41, 5.74) is 1.71. The number of amides is 1. The van der Waals surface area contributed by atoms with Crippen LogP contribution in [-0.2, 0) is 20.9 Å². The third-order valence-corrected chi connectivity index (χ3v) is 6.17. The van der Waals surface area contributed by atoms with Gasteiger partial charge in [-0.2, -0.15) is 0 Å². The van der Waals surface area contributed by atoms with Gasteiger partial charge in [0.2, 0.25) is 0 Å². The van der Waals surface area contributed by atoms with Gasteiger partial charge in [-0.3, -0.25) is 14.6 Å². The molecule has 3 aromatic rings. The van der Waals surface area contributed by atoms with Crippen LogP contribution in [0.25, 0.3) is 5.76 Å². The van der Waals surface area contributed by atoms with E-state index >= 15 is 0 Å². The van der Waals surface area contributed by atoms with Crippen molar-refractivity contribution < 1.29 is 29.0 Å². The molecule has 9 heteroatoms. The molecule has 190 valence electrons. The Balaban J connectivity index is 1.75. The summed E-state index contributed by atoms with van der Waals surface area (Å²) >= 11 is 6.15. The number of aliphatic hydroxyl groups excluding tert-OH is 1. The van der Waals surface area contributed by atoms with Crippen LogP contribution in [0.5, 0.6) is 5.75 Å². The summed E-state index contributed by atoms with van der Waals surface area (Å²) < 4.78 is 10.5. The number of methoxy groups -OCH3 is 1. The van der Waals surface area contributed by atoms with Crippen LogP contribution in [-0.4, -0.2) is 46.4 Å². The van der Waals surface area contributed by atoms with Gasteiger partial charge >= 0.3 is 5.97 Å². The molecule has 1 amide bonds. The monoisotopic (exact) mass is 520 g/mol. The van der Waals surface area contributed by atoms with E-state index in [1.807, 2.05) is 6.92 Å². The lowest BCUT2D eigenvalue weighted by molar-refractivity contribution is -0.140. The Kier molecular flexibility index (Phi) is 7.89. The number of Topliss-reactive ketones (excluding diaryl/α,β-unsaturated/α-hetero) is 1. The molecule has 8 nitrogen and oxygen atoms in total. The third-order valence-electron chi connectivity index (χ3n) is 5.94. The predicted molar refractivity (Wildman–Crippen MR) is 137 cm³/mol. The first-order chi connectivity index (χ1) is 17.8. The Hall–Kier alpha value is -4.17. The summed E-state index contributed by atoms with van der Waals surface area (Å²) in [4.78, 5) is 44.1. The van der Waals surface area contributed by atoms with Crippen LogP contribution in [0.3, 0.4) is 0 Å². The van der Waals surface area contributed by atoms with Crippen LogP contribution in [0.1, 0.15) is 46.4 Å². The number of carbonyl (C=O) groups is 3. The molecular weight excluding hydrogens is 496 g/mol. The van der Waals surface area contributed by atoms with Crippen LogP contribution in [0.4, 0.5) is 0 Å². The quantitative estimate of drug-likeness (QED) is 0.194. The fraction of sp³-hybridized carbons (Fsp3) is 0.214. The number of carbonyl (C=O) groups excluding carboxylic acids is 3. The number of pyridine rings is 1. The second-order valence-corrected chi connectivity index (χ2v) is 8.83. The van der Waals surface area contributed by atoms with E-state index in [1.54, 1.807) is 60.9 Å². The van der Waals surface area contributed by atoms with Gasteiger partial charge in [-0.25, -0.2) is 4.79 Å². The van der Waals surface area contributed by atoms with Gasteiger partial charge in [-0.1, -0.05) is 36.7 Å². The number of likely N-dealkylation sites (tertiary alicyclic amines) is 1. The number of aromatic nitrogens is 1. The molecule has 0 spiro atoms. The Morgan fingerprint density at radius 2 is 1.89 bits per heavy atom. The average molecular weight is 521 g/mol. The van der Waals surface area contributed by atoms with Crippen LogP contribution in [0.2, 0.25) is 5.02 Å². The van der Waals surface area contributed by atoms with Gasteiger partial charge in [-0.05, 0) is 53.9 Å². The number of benzene rings is 2. The van der Waals surface area contributed by atoms with Crippen molar-refractivity contribution in [1.29, 1.82) is 0 Å². The summed E-state index contributed by atoms with van der Waals surface area (Å²) in [5, 5.41) is 11.6. The smallest absolute Gasteiger partial charge is 0.338 e. The van der Waals surface area contributed by atoms with Gasteiger partial charge in [0.05, 0.1) is 36.5 Å². The highest BCUT2D eigenvalue weighted by Crippen LogP contribution is 2.41. The highest BCUT2D eigenvalue weighted by atomic mass is 35.5. The van der Waals surface area contributed by atoms with Crippen molar-refractivity contribution >= 4 is 35.0 Å². The first-order valence-electron chi connectivity index (χ1n) is 11.6. The topological polar surface area (TPSA) is 106 Å². The molecule has 1 aliphatic rings. The number of esters is 1. The maximum Gasteiger partial charge on any atom is 0.338 e. The maximum absolute atomic E-state index is 13.3. The molecule has 1 aliphatic heterocycles. The molecular formula is C28H25ClN2O6. The number of aliphatic hydroxyl groups is 1. The zero-order valence-electron chi connectivity index (χ0n) is 20.3. The molecule has 1 N–H and O–H groups in total. The van der Waals surface area contributed by atoms with Crippen LogP contribution in [0, 0.1) is 0 Å². The lowest BCUT2D eigenvalue weighted by atomic mass is 9.96. The van der Waals surface area contributed by atoms with E-state index in [4.69, 9.17) is 21.1 Å². The van der Waals surface area contributed by atoms with E-state index in [9.17, 15) is 19.5 Å². The van der Waals surface area contributed by atoms with Crippen molar-refractivity contribution in [3.8, 4) is 5.75 Å². The Morgan fingerprint density at radius 1 is 1.14 bits per heavy atom. The van der Waals surface area contributed by atoms with Crippen LogP contribution >= 0.6 is 11.6 Å². The van der Waals surface area contributed by atoms with E-state index in [0.717, 1.165) is 0 Å². The zero-order valence-corrected chi connectivity index (χ0v) is 21.1. The molecule has 0 radical (unpaired) electrons. The standard InChI is InChI=1S/C28H25ClN2O6/c1-3-13-37-28(35)18-8-6-17(7-9-18)16-31-24(19-5-4-12-30-15-19)23(26(33)27(31)34)25(32)21-14-20(29)10-11-22(21)36-2/h4-12,14-15,24,32H,3,13,16H2,1-2H3/b25-23+. The average Bonchev–Trinajstić information content (AvgIpc) is 3.17. The van der Waals surface area contributed by atoms with Gasteiger partial charge in [0.25, 0.3) is 11.7 Å². The van der Waals surface area contributed by atoms with Crippen LogP contribution in [0.15, 0.2) is 72.6 Å². The first kappa shape index (κ1) is 25.9. The van der Waals surface area contributed by atoms with E-state index in [-0.39, 0.29) is 17.7 Å². The van der Waals surface area contributed by atoms with Crippen molar-refractivity contribution in [3.05, 3.63) is 99.8 Å². The molecule has 1 saturated heterocycles. The highest BCUT2D eigenvalue weighted by Gasteiger charge is 2.46. The molecule has 0 aliphatic carbocycles. The van der Waals surface area contributed by atoms with Crippen molar-refractivity contribution in [3.63, 3.8) is 0 Å². The number of hydrogen-bond acceptors (Lipinski definition) is 7. The summed E-state index contributed by atoms with van der Waals surface area (Å²) in [5.74, 6) is -2.15. The van der Waals surface area contributed by atoms with Gasteiger partial charge < -0.3 is 19.5 Å². The minimum absolute atomic E-state index is 0.0535. The predicted octanol–water partition coefficient (Wildman–Crippen LogP) is 4.93. The molecule has 1 aromatic heterocycles.